The fourth-order valence-corrected chi connectivity index (χ4v) is 4.14. The molecule has 3 aromatic carbocycles. The molecule has 4 rings (SSSR count). The number of rotatable bonds is 3. The number of hydrogen-bond donors (Lipinski definition) is 0. The molecule has 0 saturated carbocycles. The van der Waals surface area contributed by atoms with E-state index < -0.39 is 0 Å². The Balaban J connectivity index is 1.88. The summed E-state index contributed by atoms with van der Waals surface area (Å²) in [5.41, 5.74) is 13.7. The monoisotopic (exact) mass is 377 g/mol. The number of aromatic nitrogens is 1. The van der Waals surface area contributed by atoms with Gasteiger partial charge in [-0.05, 0) is 96.8 Å². The molecule has 0 fully saturated rings. The lowest BCUT2D eigenvalue weighted by atomic mass is 9.91. The van der Waals surface area contributed by atoms with Crippen molar-refractivity contribution in [2.45, 2.75) is 34.6 Å². The molecule has 0 N–H and O–H groups in total. The zero-order chi connectivity index (χ0) is 20.5. The van der Waals surface area contributed by atoms with E-state index in [9.17, 15) is 0 Å². The van der Waals surface area contributed by atoms with Crippen LogP contribution in [-0.2, 0) is 0 Å². The molecule has 0 aliphatic rings. The van der Waals surface area contributed by atoms with Gasteiger partial charge in [0, 0.05) is 11.8 Å². The smallest absolute Gasteiger partial charge is 0.0711 e. The SMILES string of the molecule is Cc1ccccc1-c1ccc(C)c(-c2cc(-c3c(C)cccc3C)c(C)cn2)c1. The molecule has 0 unspecified atom stereocenters. The zero-order valence-electron chi connectivity index (χ0n) is 17.9. The molecule has 0 bridgehead atoms. The first-order chi connectivity index (χ1) is 14.0. The highest BCUT2D eigenvalue weighted by molar-refractivity contribution is 5.80. The molecular weight excluding hydrogens is 350 g/mol. The Bertz CT molecular complexity index is 1180. The van der Waals surface area contributed by atoms with Crippen molar-refractivity contribution >= 4 is 0 Å². The van der Waals surface area contributed by atoms with Crippen LogP contribution in [0.5, 0.6) is 0 Å². The minimum atomic E-state index is 1.03. The second-order valence-corrected chi connectivity index (χ2v) is 8.00. The van der Waals surface area contributed by atoms with Crippen molar-refractivity contribution in [1.29, 1.82) is 0 Å². The number of nitrogens with zero attached hydrogens (tertiary/aromatic N) is 1. The van der Waals surface area contributed by atoms with Crippen LogP contribution in [0.15, 0.2) is 72.9 Å². The standard InChI is InChI=1S/C28H27N/c1-18-9-6-7-12-24(18)23-14-13-19(2)25(15-23)27-16-26(22(5)17-29-27)28-20(3)10-8-11-21(28)4/h6-17H,1-5H3. The third kappa shape index (κ3) is 3.61. The van der Waals surface area contributed by atoms with Gasteiger partial charge in [0.25, 0.3) is 0 Å². The van der Waals surface area contributed by atoms with Crippen LogP contribution >= 0.6 is 0 Å². The molecule has 4 aromatic rings. The zero-order valence-corrected chi connectivity index (χ0v) is 17.9. The van der Waals surface area contributed by atoms with Gasteiger partial charge in [0.2, 0.25) is 0 Å². The van der Waals surface area contributed by atoms with Crippen molar-refractivity contribution in [2.75, 3.05) is 0 Å². The average Bonchev–Trinajstić information content (AvgIpc) is 2.70. The van der Waals surface area contributed by atoms with Crippen LogP contribution in [0.25, 0.3) is 33.5 Å². The quantitative estimate of drug-likeness (QED) is 0.358. The number of hydrogen-bond acceptors (Lipinski definition) is 1. The normalized spacial score (nSPS) is 10.9. The number of benzene rings is 3. The van der Waals surface area contributed by atoms with Gasteiger partial charge in [0.05, 0.1) is 5.69 Å². The van der Waals surface area contributed by atoms with E-state index in [1.807, 2.05) is 6.20 Å². The molecule has 1 heterocycles. The topological polar surface area (TPSA) is 12.9 Å². The largest absolute Gasteiger partial charge is 0.256 e. The molecule has 0 spiro atoms. The highest BCUT2D eigenvalue weighted by Crippen LogP contribution is 2.35. The summed E-state index contributed by atoms with van der Waals surface area (Å²) in [5.74, 6) is 0. The van der Waals surface area contributed by atoms with Crippen LogP contribution in [-0.4, -0.2) is 4.98 Å². The Morgan fingerprint density at radius 3 is 1.90 bits per heavy atom. The van der Waals surface area contributed by atoms with E-state index in [1.165, 1.54) is 55.6 Å². The van der Waals surface area contributed by atoms with Gasteiger partial charge in [-0.15, -0.1) is 0 Å². The molecule has 144 valence electrons. The summed E-state index contributed by atoms with van der Waals surface area (Å²) in [6.07, 6.45) is 2.01. The second-order valence-electron chi connectivity index (χ2n) is 8.00. The Labute approximate surface area is 174 Å². The highest BCUT2D eigenvalue weighted by atomic mass is 14.7. The van der Waals surface area contributed by atoms with Gasteiger partial charge in [-0.3, -0.25) is 4.98 Å². The van der Waals surface area contributed by atoms with Crippen molar-refractivity contribution in [3.63, 3.8) is 0 Å². The molecular formula is C28H27N. The van der Waals surface area contributed by atoms with Crippen molar-refractivity contribution in [2.24, 2.45) is 0 Å². The van der Waals surface area contributed by atoms with Crippen molar-refractivity contribution < 1.29 is 0 Å². The minimum absolute atomic E-state index is 1.03. The van der Waals surface area contributed by atoms with E-state index in [4.69, 9.17) is 4.98 Å². The Morgan fingerprint density at radius 2 is 1.17 bits per heavy atom. The molecule has 0 radical (unpaired) electrons. The lowest BCUT2D eigenvalue weighted by Crippen LogP contribution is -1.95. The first kappa shape index (κ1) is 19.1. The average molecular weight is 378 g/mol. The number of aryl methyl sites for hydroxylation is 5. The predicted molar refractivity (Wildman–Crippen MR) is 124 cm³/mol. The van der Waals surface area contributed by atoms with E-state index in [0.29, 0.717) is 0 Å². The molecule has 0 aliphatic heterocycles. The molecule has 0 atom stereocenters. The van der Waals surface area contributed by atoms with Crippen LogP contribution in [0.4, 0.5) is 0 Å². The molecule has 0 amide bonds. The molecule has 1 nitrogen and oxygen atoms in total. The number of pyridine rings is 1. The first-order valence-corrected chi connectivity index (χ1v) is 10.2. The van der Waals surface area contributed by atoms with Crippen molar-refractivity contribution in [1.82, 2.24) is 4.98 Å². The fourth-order valence-electron chi connectivity index (χ4n) is 4.14. The summed E-state index contributed by atoms with van der Waals surface area (Å²) in [7, 11) is 0. The van der Waals surface area contributed by atoms with Crippen LogP contribution in [0.1, 0.15) is 27.8 Å². The molecule has 29 heavy (non-hydrogen) atoms. The van der Waals surface area contributed by atoms with E-state index >= 15 is 0 Å². The Hall–Kier alpha value is -3.19. The van der Waals surface area contributed by atoms with Gasteiger partial charge >= 0.3 is 0 Å². The molecule has 1 aromatic heterocycles. The summed E-state index contributed by atoms with van der Waals surface area (Å²) in [6, 6.07) is 24.0. The third-order valence-electron chi connectivity index (χ3n) is 5.82. The summed E-state index contributed by atoms with van der Waals surface area (Å²) < 4.78 is 0. The minimum Gasteiger partial charge on any atom is -0.256 e. The van der Waals surface area contributed by atoms with Crippen molar-refractivity contribution in [3.8, 4) is 33.5 Å². The molecule has 0 saturated heterocycles. The van der Waals surface area contributed by atoms with E-state index in [2.05, 4.69) is 101 Å². The lowest BCUT2D eigenvalue weighted by Gasteiger charge is -2.15. The summed E-state index contributed by atoms with van der Waals surface area (Å²) in [5, 5.41) is 0. The summed E-state index contributed by atoms with van der Waals surface area (Å²) in [4.78, 5) is 4.81. The second kappa shape index (κ2) is 7.67. The Kier molecular flexibility index (Phi) is 5.07. The van der Waals surface area contributed by atoms with Crippen LogP contribution in [0.3, 0.4) is 0 Å². The summed E-state index contributed by atoms with van der Waals surface area (Å²) >= 11 is 0. The van der Waals surface area contributed by atoms with Gasteiger partial charge in [0.1, 0.15) is 0 Å². The van der Waals surface area contributed by atoms with Crippen molar-refractivity contribution in [3.05, 3.63) is 101 Å². The first-order valence-electron chi connectivity index (χ1n) is 10.2. The van der Waals surface area contributed by atoms with E-state index in [-0.39, 0.29) is 0 Å². The van der Waals surface area contributed by atoms with Crippen LogP contribution in [0.2, 0.25) is 0 Å². The van der Waals surface area contributed by atoms with Gasteiger partial charge < -0.3 is 0 Å². The summed E-state index contributed by atoms with van der Waals surface area (Å²) in [6.45, 7) is 10.8. The predicted octanol–water partition coefficient (Wildman–Crippen LogP) is 7.62. The third-order valence-corrected chi connectivity index (χ3v) is 5.82. The maximum absolute atomic E-state index is 4.81. The van der Waals surface area contributed by atoms with Gasteiger partial charge in [0.15, 0.2) is 0 Å². The maximum atomic E-state index is 4.81. The highest BCUT2D eigenvalue weighted by Gasteiger charge is 2.13. The van der Waals surface area contributed by atoms with E-state index in [1.54, 1.807) is 0 Å². The lowest BCUT2D eigenvalue weighted by molar-refractivity contribution is 1.25. The maximum Gasteiger partial charge on any atom is 0.0711 e. The Morgan fingerprint density at radius 1 is 0.517 bits per heavy atom. The van der Waals surface area contributed by atoms with E-state index in [0.717, 1.165) is 5.69 Å². The molecule has 0 aliphatic carbocycles. The fraction of sp³-hybridized carbons (Fsp3) is 0.179. The van der Waals surface area contributed by atoms with Crippen LogP contribution in [0, 0.1) is 34.6 Å². The molecule has 1 heteroatoms. The van der Waals surface area contributed by atoms with Gasteiger partial charge in [-0.25, -0.2) is 0 Å². The van der Waals surface area contributed by atoms with Gasteiger partial charge in [-0.2, -0.15) is 0 Å². The van der Waals surface area contributed by atoms with Crippen LogP contribution < -0.4 is 0 Å². The van der Waals surface area contributed by atoms with Gasteiger partial charge in [-0.1, -0.05) is 54.6 Å².